The quantitative estimate of drug-likeness (QED) is 0.745. The molecule has 0 aromatic heterocycles. The Morgan fingerprint density at radius 3 is 2.65 bits per heavy atom. The summed E-state index contributed by atoms with van der Waals surface area (Å²) < 4.78 is 13.3. The molecule has 1 aliphatic carbocycles. The van der Waals surface area contributed by atoms with E-state index in [-0.39, 0.29) is 5.82 Å². The van der Waals surface area contributed by atoms with Crippen molar-refractivity contribution in [3.63, 3.8) is 0 Å². The van der Waals surface area contributed by atoms with Gasteiger partial charge in [-0.25, -0.2) is 4.39 Å². The molecule has 104 valence electrons. The van der Waals surface area contributed by atoms with Crippen molar-refractivity contribution in [2.75, 3.05) is 0 Å². The van der Waals surface area contributed by atoms with Crippen LogP contribution in [-0.2, 0) is 19.3 Å². The van der Waals surface area contributed by atoms with Crippen LogP contribution in [0.15, 0.2) is 42.5 Å². The van der Waals surface area contributed by atoms with Crippen LogP contribution in [0.4, 0.5) is 4.39 Å². The summed E-state index contributed by atoms with van der Waals surface area (Å²) in [5.74, 6) is 0.605. The smallest absolute Gasteiger partial charge is 0.123 e. The number of hydrogen-bond acceptors (Lipinski definition) is 0. The van der Waals surface area contributed by atoms with E-state index in [0.717, 1.165) is 19.3 Å². The third-order valence-electron chi connectivity index (χ3n) is 4.46. The van der Waals surface area contributed by atoms with Crippen molar-refractivity contribution < 1.29 is 4.39 Å². The second-order valence-electron chi connectivity index (χ2n) is 6.05. The summed E-state index contributed by atoms with van der Waals surface area (Å²) in [6.45, 7) is 2.12. The van der Waals surface area contributed by atoms with Gasteiger partial charge in [0.2, 0.25) is 0 Å². The average molecular weight is 268 g/mol. The molecular weight excluding hydrogens is 247 g/mol. The maximum absolute atomic E-state index is 13.3. The number of halogens is 1. The summed E-state index contributed by atoms with van der Waals surface area (Å²) in [4.78, 5) is 0. The Morgan fingerprint density at radius 2 is 1.85 bits per heavy atom. The molecule has 0 N–H and O–H groups in total. The first kappa shape index (κ1) is 13.4. The van der Waals surface area contributed by atoms with Gasteiger partial charge in [0.15, 0.2) is 0 Å². The molecular formula is C19H21F. The van der Waals surface area contributed by atoms with Crippen molar-refractivity contribution in [2.45, 2.75) is 39.0 Å². The molecule has 0 radical (unpaired) electrons. The zero-order valence-electron chi connectivity index (χ0n) is 12.0. The highest BCUT2D eigenvalue weighted by Crippen LogP contribution is 2.29. The summed E-state index contributed by atoms with van der Waals surface area (Å²) in [5.41, 5.74) is 5.31. The van der Waals surface area contributed by atoms with E-state index in [9.17, 15) is 4.39 Å². The third kappa shape index (κ3) is 3.09. The van der Waals surface area contributed by atoms with E-state index in [2.05, 4.69) is 31.2 Å². The number of fused-ring (bicyclic) bond motifs is 1. The third-order valence-corrected chi connectivity index (χ3v) is 4.46. The molecule has 1 atom stereocenters. The van der Waals surface area contributed by atoms with Crippen molar-refractivity contribution in [3.05, 3.63) is 70.5 Å². The highest BCUT2D eigenvalue weighted by atomic mass is 19.1. The highest BCUT2D eigenvalue weighted by molar-refractivity contribution is 5.30. The Hall–Kier alpha value is -1.63. The fraction of sp³-hybridized carbons (Fsp3) is 0.368. The van der Waals surface area contributed by atoms with E-state index < -0.39 is 0 Å². The van der Waals surface area contributed by atoms with E-state index in [1.807, 2.05) is 6.07 Å². The van der Waals surface area contributed by atoms with Crippen molar-refractivity contribution >= 4 is 0 Å². The maximum atomic E-state index is 13.3. The van der Waals surface area contributed by atoms with Crippen molar-refractivity contribution in [3.8, 4) is 0 Å². The Morgan fingerprint density at radius 1 is 1.05 bits per heavy atom. The Balaban J connectivity index is 1.61. The summed E-state index contributed by atoms with van der Waals surface area (Å²) in [7, 11) is 0. The first-order chi connectivity index (χ1) is 9.70. The Labute approximate surface area is 120 Å². The summed E-state index contributed by atoms with van der Waals surface area (Å²) in [5, 5.41) is 0. The largest absolute Gasteiger partial charge is 0.207 e. The van der Waals surface area contributed by atoms with Crippen LogP contribution in [0.25, 0.3) is 0 Å². The van der Waals surface area contributed by atoms with Gasteiger partial charge in [-0.2, -0.15) is 0 Å². The predicted molar refractivity (Wildman–Crippen MR) is 81.4 cm³/mol. The molecule has 0 amide bonds. The minimum atomic E-state index is -0.0945. The van der Waals surface area contributed by atoms with E-state index in [4.69, 9.17) is 0 Å². The fourth-order valence-electron chi connectivity index (χ4n) is 3.17. The minimum Gasteiger partial charge on any atom is -0.207 e. The van der Waals surface area contributed by atoms with E-state index in [1.165, 1.54) is 35.1 Å². The van der Waals surface area contributed by atoms with Crippen LogP contribution in [0.1, 0.15) is 35.1 Å². The lowest BCUT2D eigenvalue weighted by Crippen LogP contribution is -2.15. The second kappa shape index (κ2) is 5.78. The molecule has 0 saturated carbocycles. The van der Waals surface area contributed by atoms with Gasteiger partial charge in [-0.15, -0.1) is 0 Å². The van der Waals surface area contributed by atoms with Crippen LogP contribution in [0.2, 0.25) is 0 Å². The molecule has 0 heterocycles. The zero-order chi connectivity index (χ0) is 13.9. The standard InChI is InChI=1S/C19H21F/c1-14-2-4-15(5-3-14)6-7-16-8-9-17-10-11-19(20)13-18(17)12-16/h2-5,10-11,13,16H,6-9,12H2,1H3. The normalized spacial score (nSPS) is 17.8. The predicted octanol–water partition coefficient (Wildman–Crippen LogP) is 4.87. The van der Waals surface area contributed by atoms with Crippen LogP contribution < -0.4 is 0 Å². The van der Waals surface area contributed by atoms with Crippen LogP contribution in [0.3, 0.4) is 0 Å². The summed E-state index contributed by atoms with van der Waals surface area (Å²) in [6.07, 6.45) is 5.73. The first-order valence-corrected chi connectivity index (χ1v) is 7.53. The zero-order valence-corrected chi connectivity index (χ0v) is 12.0. The van der Waals surface area contributed by atoms with Gasteiger partial charge in [0.1, 0.15) is 5.82 Å². The number of rotatable bonds is 3. The van der Waals surface area contributed by atoms with Crippen molar-refractivity contribution in [2.24, 2.45) is 5.92 Å². The van der Waals surface area contributed by atoms with Gasteiger partial charge in [0.05, 0.1) is 0 Å². The number of benzene rings is 2. The van der Waals surface area contributed by atoms with Gasteiger partial charge in [-0.05, 0) is 73.8 Å². The SMILES string of the molecule is Cc1ccc(CCC2CCc3ccc(F)cc3C2)cc1. The average Bonchev–Trinajstić information content (AvgIpc) is 2.46. The van der Waals surface area contributed by atoms with E-state index in [1.54, 1.807) is 12.1 Å². The molecule has 1 aliphatic rings. The second-order valence-corrected chi connectivity index (χ2v) is 6.05. The van der Waals surface area contributed by atoms with Gasteiger partial charge in [-0.1, -0.05) is 35.9 Å². The van der Waals surface area contributed by atoms with E-state index in [0.29, 0.717) is 5.92 Å². The Bertz CT molecular complexity index is 583. The van der Waals surface area contributed by atoms with Gasteiger partial charge in [0, 0.05) is 0 Å². The number of hydrogen-bond donors (Lipinski definition) is 0. The molecule has 0 spiro atoms. The molecule has 0 aliphatic heterocycles. The summed E-state index contributed by atoms with van der Waals surface area (Å²) in [6, 6.07) is 14.1. The molecule has 0 fully saturated rings. The van der Waals surface area contributed by atoms with Crippen LogP contribution >= 0.6 is 0 Å². The van der Waals surface area contributed by atoms with Crippen molar-refractivity contribution in [1.29, 1.82) is 0 Å². The fourth-order valence-corrected chi connectivity index (χ4v) is 3.17. The molecule has 2 aromatic carbocycles. The lowest BCUT2D eigenvalue weighted by atomic mass is 9.81. The number of aryl methyl sites for hydroxylation is 3. The van der Waals surface area contributed by atoms with Crippen LogP contribution in [0.5, 0.6) is 0 Å². The molecule has 20 heavy (non-hydrogen) atoms. The lowest BCUT2D eigenvalue weighted by Gasteiger charge is -2.24. The highest BCUT2D eigenvalue weighted by Gasteiger charge is 2.18. The molecule has 1 heteroatoms. The lowest BCUT2D eigenvalue weighted by molar-refractivity contribution is 0.426. The minimum absolute atomic E-state index is 0.0945. The molecule has 0 nitrogen and oxygen atoms in total. The molecule has 0 bridgehead atoms. The van der Waals surface area contributed by atoms with Gasteiger partial charge in [-0.3, -0.25) is 0 Å². The van der Waals surface area contributed by atoms with Gasteiger partial charge < -0.3 is 0 Å². The first-order valence-electron chi connectivity index (χ1n) is 7.53. The van der Waals surface area contributed by atoms with Crippen LogP contribution in [-0.4, -0.2) is 0 Å². The van der Waals surface area contributed by atoms with Crippen LogP contribution in [0, 0.1) is 18.7 Å². The van der Waals surface area contributed by atoms with Crippen molar-refractivity contribution in [1.82, 2.24) is 0 Å². The summed E-state index contributed by atoms with van der Waals surface area (Å²) >= 11 is 0. The molecule has 2 aromatic rings. The molecule has 0 saturated heterocycles. The molecule has 1 unspecified atom stereocenters. The monoisotopic (exact) mass is 268 g/mol. The topological polar surface area (TPSA) is 0 Å². The van der Waals surface area contributed by atoms with E-state index >= 15 is 0 Å². The van der Waals surface area contributed by atoms with Gasteiger partial charge >= 0.3 is 0 Å². The van der Waals surface area contributed by atoms with Gasteiger partial charge in [0.25, 0.3) is 0 Å². The maximum Gasteiger partial charge on any atom is 0.123 e. The Kier molecular flexibility index (Phi) is 3.86. The molecule has 3 rings (SSSR count).